The average Bonchev–Trinajstić information content (AvgIpc) is 3.23. The van der Waals surface area contributed by atoms with Crippen LogP contribution in [0.5, 0.6) is 5.19 Å². The lowest BCUT2D eigenvalue weighted by molar-refractivity contribution is 0.0882. The monoisotopic (exact) mass is 518 g/mol. The summed E-state index contributed by atoms with van der Waals surface area (Å²) in [5.74, 6) is 1.06. The molecule has 12 heteroatoms. The van der Waals surface area contributed by atoms with Gasteiger partial charge in [0.15, 0.2) is 9.84 Å². The van der Waals surface area contributed by atoms with Crippen LogP contribution < -0.4 is 10.2 Å². The second kappa shape index (κ2) is 10.4. The van der Waals surface area contributed by atoms with Gasteiger partial charge in [0.05, 0.1) is 16.3 Å². The SMILES string of the molecule is CC(C)/C(=N/N1CCC(C(C)Oc2nc3ccc(-c4ccc(S(C)(=O)=O)cn4)nc3s2)CC1)NO. The predicted molar refractivity (Wildman–Crippen MR) is 135 cm³/mol. The average molecular weight is 519 g/mol. The minimum Gasteiger partial charge on any atom is -0.467 e. The van der Waals surface area contributed by atoms with Crippen LogP contribution in [-0.2, 0) is 9.84 Å². The van der Waals surface area contributed by atoms with Crippen molar-refractivity contribution in [2.24, 2.45) is 16.9 Å². The molecule has 1 saturated heterocycles. The maximum atomic E-state index is 11.7. The number of thiazole rings is 1. The third-order valence-electron chi connectivity index (χ3n) is 6.04. The van der Waals surface area contributed by atoms with E-state index in [-0.39, 0.29) is 16.9 Å². The molecule has 0 aromatic carbocycles. The van der Waals surface area contributed by atoms with Crippen molar-refractivity contribution in [1.82, 2.24) is 25.4 Å². The van der Waals surface area contributed by atoms with Crippen molar-refractivity contribution in [3.8, 4) is 16.6 Å². The number of nitrogens with zero attached hydrogens (tertiary/aromatic N) is 5. The molecule has 3 aromatic heterocycles. The predicted octanol–water partition coefficient (Wildman–Crippen LogP) is 3.58. The summed E-state index contributed by atoms with van der Waals surface area (Å²) in [5, 5.41) is 16.3. The van der Waals surface area contributed by atoms with E-state index >= 15 is 0 Å². The van der Waals surface area contributed by atoms with Crippen molar-refractivity contribution in [3.05, 3.63) is 30.5 Å². The van der Waals surface area contributed by atoms with Crippen LogP contribution in [0.2, 0.25) is 0 Å². The zero-order valence-electron chi connectivity index (χ0n) is 20.2. The molecule has 0 spiro atoms. The zero-order valence-corrected chi connectivity index (χ0v) is 21.8. The van der Waals surface area contributed by atoms with Gasteiger partial charge in [-0.25, -0.2) is 18.4 Å². The molecule has 0 bridgehead atoms. The molecule has 1 atom stereocenters. The topological polar surface area (TPSA) is 130 Å². The number of hydroxylamine groups is 1. The number of hydrazone groups is 1. The van der Waals surface area contributed by atoms with Gasteiger partial charge in [-0.1, -0.05) is 25.2 Å². The number of aromatic nitrogens is 3. The highest BCUT2D eigenvalue weighted by Crippen LogP contribution is 2.31. The summed E-state index contributed by atoms with van der Waals surface area (Å²) in [7, 11) is -3.30. The van der Waals surface area contributed by atoms with Gasteiger partial charge in [0.25, 0.3) is 5.19 Å². The Balaban J connectivity index is 1.40. The van der Waals surface area contributed by atoms with Crippen LogP contribution in [0.25, 0.3) is 21.7 Å². The Morgan fingerprint density at radius 2 is 1.89 bits per heavy atom. The third kappa shape index (κ3) is 6.06. The fourth-order valence-electron chi connectivity index (χ4n) is 3.87. The Labute approximate surface area is 209 Å². The van der Waals surface area contributed by atoms with E-state index in [1.54, 1.807) is 6.07 Å². The molecule has 1 fully saturated rings. The van der Waals surface area contributed by atoms with E-state index in [9.17, 15) is 13.6 Å². The van der Waals surface area contributed by atoms with Crippen LogP contribution in [0.1, 0.15) is 33.6 Å². The highest BCUT2D eigenvalue weighted by atomic mass is 32.2. The summed E-state index contributed by atoms with van der Waals surface area (Å²) in [6, 6.07) is 6.88. The molecule has 2 N–H and O–H groups in total. The first-order valence-electron chi connectivity index (χ1n) is 11.5. The molecule has 35 heavy (non-hydrogen) atoms. The van der Waals surface area contributed by atoms with Crippen molar-refractivity contribution in [2.75, 3.05) is 19.3 Å². The Morgan fingerprint density at radius 3 is 2.49 bits per heavy atom. The molecule has 4 heterocycles. The van der Waals surface area contributed by atoms with Crippen molar-refractivity contribution in [1.29, 1.82) is 0 Å². The molecular formula is C23H30N6O4S2. The first-order valence-corrected chi connectivity index (χ1v) is 14.2. The second-order valence-corrected chi connectivity index (χ2v) is 12.0. The van der Waals surface area contributed by atoms with E-state index in [0.29, 0.717) is 28.3 Å². The van der Waals surface area contributed by atoms with E-state index in [2.05, 4.69) is 32.5 Å². The second-order valence-electron chi connectivity index (χ2n) is 9.02. The Morgan fingerprint density at radius 1 is 1.17 bits per heavy atom. The van der Waals surface area contributed by atoms with Gasteiger partial charge in [-0.15, -0.1) is 0 Å². The summed E-state index contributed by atoms with van der Waals surface area (Å²) >= 11 is 1.38. The maximum Gasteiger partial charge on any atom is 0.276 e. The number of hydrogen-bond donors (Lipinski definition) is 2. The van der Waals surface area contributed by atoms with Gasteiger partial charge in [0.1, 0.15) is 22.3 Å². The highest BCUT2D eigenvalue weighted by molar-refractivity contribution is 7.90. The normalized spacial score (nSPS) is 16.6. The van der Waals surface area contributed by atoms with Gasteiger partial charge in [0.2, 0.25) is 0 Å². The molecule has 0 amide bonds. The van der Waals surface area contributed by atoms with Crippen molar-refractivity contribution < 1.29 is 18.4 Å². The lowest BCUT2D eigenvalue weighted by atomic mass is 9.93. The smallest absolute Gasteiger partial charge is 0.276 e. The van der Waals surface area contributed by atoms with Crippen LogP contribution in [-0.4, -0.2) is 64.9 Å². The Hall–Kier alpha value is -2.83. The Bertz CT molecular complexity index is 1300. The Kier molecular flexibility index (Phi) is 7.53. The van der Waals surface area contributed by atoms with Crippen molar-refractivity contribution >= 4 is 37.4 Å². The van der Waals surface area contributed by atoms with Gasteiger partial charge in [-0.3, -0.25) is 20.7 Å². The molecule has 4 rings (SSSR count). The van der Waals surface area contributed by atoms with Crippen molar-refractivity contribution in [2.45, 2.75) is 44.6 Å². The molecule has 3 aromatic rings. The largest absolute Gasteiger partial charge is 0.467 e. The number of nitrogens with one attached hydrogen (secondary N) is 1. The van der Waals surface area contributed by atoms with E-state index < -0.39 is 9.84 Å². The lowest BCUT2D eigenvalue weighted by Crippen LogP contribution is -2.38. The molecular weight excluding hydrogens is 488 g/mol. The number of amidine groups is 1. The van der Waals surface area contributed by atoms with Crippen LogP contribution in [0, 0.1) is 11.8 Å². The molecule has 10 nitrogen and oxygen atoms in total. The van der Waals surface area contributed by atoms with Crippen molar-refractivity contribution in [3.63, 3.8) is 0 Å². The van der Waals surface area contributed by atoms with E-state index in [0.717, 1.165) is 42.5 Å². The van der Waals surface area contributed by atoms with E-state index in [4.69, 9.17) is 4.74 Å². The fraction of sp³-hybridized carbons (Fsp3) is 0.478. The van der Waals surface area contributed by atoms with Gasteiger partial charge < -0.3 is 4.74 Å². The summed E-state index contributed by atoms with van der Waals surface area (Å²) in [5.41, 5.74) is 4.18. The summed E-state index contributed by atoms with van der Waals surface area (Å²) in [6.07, 6.45) is 4.36. The molecule has 1 aliphatic heterocycles. The molecule has 0 saturated carbocycles. The van der Waals surface area contributed by atoms with E-state index in [1.165, 1.54) is 23.6 Å². The molecule has 1 unspecified atom stereocenters. The standard InChI is InChI=1S/C23H30N6O4S2/c1-14(2)21(28-30)27-29-11-9-16(10-12-29)15(3)33-23-26-20-8-7-19(25-22(20)34-23)18-6-5-17(13-24-18)35(4,31)32/h5-8,13-16,30H,9-12H2,1-4H3,(H,27,28). The number of rotatable bonds is 7. The number of sulfone groups is 1. The van der Waals surface area contributed by atoms with Gasteiger partial charge in [-0.05, 0) is 49.9 Å². The van der Waals surface area contributed by atoms with Gasteiger partial charge >= 0.3 is 0 Å². The third-order valence-corrected chi connectivity index (χ3v) is 7.99. The number of hydrogen-bond acceptors (Lipinski definition) is 10. The highest BCUT2D eigenvalue weighted by Gasteiger charge is 2.26. The summed E-state index contributed by atoms with van der Waals surface area (Å²) in [6.45, 7) is 7.62. The number of piperidine rings is 1. The van der Waals surface area contributed by atoms with E-state index in [1.807, 2.05) is 31.0 Å². The minimum absolute atomic E-state index is 0.00750. The number of pyridine rings is 2. The number of ether oxygens (including phenoxy) is 1. The first-order chi connectivity index (χ1) is 16.6. The fourth-order valence-corrected chi connectivity index (χ4v) is 5.30. The molecule has 0 radical (unpaired) electrons. The molecule has 0 aliphatic carbocycles. The van der Waals surface area contributed by atoms with Gasteiger partial charge in [-0.2, -0.15) is 5.10 Å². The summed E-state index contributed by atoms with van der Waals surface area (Å²) in [4.78, 5) is 14.4. The van der Waals surface area contributed by atoms with Crippen LogP contribution in [0.15, 0.2) is 40.5 Å². The number of fused-ring (bicyclic) bond motifs is 1. The van der Waals surface area contributed by atoms with Crippen LogP contribution in [0.4, 0.5) is 0 Å². The molecule has 188 valence electrons. The summed E-state index contributed by atoms with van der Waals surface area (Å²) < 4.78 is 29.5. The molecule has 1 aliphatic rings. The van der Waals surface area contributed by atoms with Crippen LogP contribution >= 0.6 is 11.3 Å². The van der Waals surface area contributed by atoms with Gasteiger partial charge in [0, 0.05) is 31.5 Å². The lowest BCUT2D eigenvalue weighted by Gasteiger charge is -2.33. The van der Waals surface area contributed by atoms with Crippen LogP contribution in [0.3, 0.4) is 0 Å². The zero-order chi connectivity index (χ0) is 25.2. The first kappa shape index (κ1) is 25.3. The minimum atomic E-state index is -3.30. The quantitative estimate of drug-likeness (QED) is 0.274. The maximum absolute atomic E-state index is 11.7.